The first kappa shape index (κ1) is 34.2. The van der Waals surface area contributed by atoms with Gasteiger partial charge in [-0.15, -0.1) is 0 Å². The van der Waals surface area contributed by atoms with Gasteiger partial charge in [-0.1, -0.05) is 11.6 Å². The lowest BCUT2D eigenvalue weighted by atomic mass is 9.88. The van der Waals surface area contributed by atoms with Crippen LogP contribution in [0, 0.1) is 0 Å². The molecule has 0 spiro atoms. The molecule has 1 saturated heterocycles. The second kappa shape index (κ2) is 14.2. The number of halogens is 4. The van der Waals surface area contributed by atoms with E-state index in [0.29, 0.717) is 26.2 Å². The minimum Gasteiger partial charge on any atom is -0.483 e. The predicted molar refractivity (Wildman–Crippen MR) is 160 cm³/mol. The molecule has 3 heterocycles. The summed E-state index contributed by atoms with van der Waals surface area (Å²) >= 11 is 6.41. The van der Waals surface area contributed by atoms with E-state index < -0.39 is 17.8 Å². The Hall–Kier alpha value is -4.64. The van der Waals surface area contributed by atoms with E-state index in [1.54, 1.807) is 16.7 Å². The number of anilines is 1. The summed E-state index contributed by atoms with van der Waals surface area (Å²) in [5, 5.41) is 16.2. The van der Waals surface area contributed by atoms with Gasteiger partial charge in [-0.05, 0) is 38.0 Å². The number of urea groups is 1. The van der Waals surface area contributed by atoms with Crippen LogP contribution >= 0.6 is 11.6 Å². The van der Waals surface area contributed by atoms with E-state index in [2.05, 4.69) is 20.7 Å². The molecular weight excluding hydrogens is 635 g/mol. The smallest absolute Gasteiger partial charge is 0.435 e. The molecule has 2 aliphatic rings. The highest BCUT2D eigenvalue weighted by Crippen LogP contribution is 2.36. The lowest BCUT2D eigenvalue weighted by Gasteiger charge is -2.38. The fourth-order valence-corrected chi connectivity index (χ4v) is 5.39. The third-order valence-electron chi connectivity index (χ3n) is 7.64. The molecule has 1 aromatic carbocycles. The minimum atomic E-state index is -4.69. The molecule has 248 valence electrons. The molecule has 18 heteroatoms. The first-order valence-corrected chi connectivity index (χ1v) is 14.6. The standard InChI is InChI=1S/C27H31ClF3N9O3.CH2O2/c1-3-40-14-19(22(36-40)27(29,30)31)21-13-33-23(37(21)2)24(41)34-16-4-5-18(20(28)12-16)25(42)38-6-8-39(9-7-38)26(43)35-17-10-15(32)11-17;2-1-3/h4-5,12-15,17H,3,6-11,32H2,1-2H3,(H,34,41)(H,35,43);1H,(H,2,3). The van der Waals surface area contributed by atoms with Gasteiger partial charge < -0.3 is 35.8 Å². The van der Waals surface area contributed by atoms with E-state index in [9.17, 15) is 27.6 Å². The third kappa shape index (κ3) is 7.59. The van der Waals surface area contributed by atoms with Crippen molar-refractivity contribution in [1.29, 1.82) is 0 Å². The number of amides is 4. The molecule has 14 nitrogen and oxygen atoms in total. The highest BCUT2D eigenvalue weighted by atomic mass is 35.5. The van der Waals surface area contributed by atoms with Gasteiger partial charge in [-0.2, -0.15) is 18.3 Å². The number of nitrogens with zero attached hydrogens (tertiary/aromatic N) is 6. The molecule has 1 saturated carbocycles. The quantitative estimate of drug-likeness (QED) is 0.290. The van der Waals surface area contributed by atoms with Crippen molar-refractivity contribution >= 4 is 41.6 Å². The number of imidazole rings is 1. The van der Waals surface area contributed by atoms with Crippen molar-refractivity contribution in [2.45, 2.75) is 44.6 Å². The van der Waals surface area contributed by atoms with E-state index in [4.69, 9.17) is 27.2 Å². The van der Waals surface area contributed by atoms with Crippen LogP contribution in [0.2, 0.25) is 5.02 Å². The lowest BCUT2D eigenvalue weighted by molar-refractivity contribution is -0.141. The number of aryl methyl sites for hydroxylation is 1. The molecule has 46 heavy (non-hydrogen) atoms. The predicted octanol–water partition coefficient (Wildman–Crippen LogP) is 2.89. The van der Waals surface area contributed by atoms with Crippen LogP contribution in [0.3, 0.4) is 0 Å². The lowest BCUT2D eigenvalue weighted by Crippen LogP contribution is -2.57. The molecule has 2 fully saturated rings. The van der Waals surface area contributed by atoms with Crippen LogP contribution in [0.25, 0.3) is 11.3 Å². The van der Waals surface area contributed by atoms with Crippen molar-refractivity contribution < 1.29 is 37.5 Å². The molecule has 0 bridgehead atoms. The monoisotopic (exact) mass is 667 g/mol. The molecule has 1 aliphatic heterocycles. The summed E-state index contributed by atoms with van der Waals surface area (Å²) in [7, 11) is 1.43. The number of carbonyl (C=O) groups is 4. The highest BCUT2D eigenvalue weighted by Gasteiger charge is 2.38. The summed E-state index contributed by atoms with van der Waals surface area (Å²) in [6.07, 6.45) is -0.725. The number of carbonyl (C=O) groups excluding carboxylic acids is 3. The Morgan fingerprint density at radius 1 is 1.15 bits per heavy atom. The Bertz CT molecular complexity index is 1600. The van der Waals surface area contributed by atoms with Gasteiger partial charge in [-0.25, -0.2) is 9.78 Å². The number of rotatable bonds is 6. The van der Waals surface area contributed by atoms with Crippen molar-refractivity contribution in [3.8, 4) is 11.3 Å². The maximum atomic E-state index is 13.6. The Labute approximate surface area is 266 Å². The summed E-state index contributed by atoms with van der Waals surface area (Å²) in [6.45, 7) is 3.06. The normalized spacial score (nSPS) is 17.8. The maximum absolute atomic E-state index is 13.6. The summed E-state index contributed by atoms with van der Waals surface area (Å²) in [5.41, 5.74) is 5.07. The van der Waals surface area contributed by atoms with Crippen molar-refractivity contribution in [3.05, 3.63) is 52.7 Å². The first-order chi connectivity index (χ1) is 21.8. The summed E-state index contributed by atoms with van der Waals surface area (Å²) < 4.78 is 43.2. The molecule has 4 amide bonds. The second-order valence-corrected chi connectivity index (χ2v) is 11.1. The Kier molecular flexibility index (Phi) is 10.6. The zero-order valence-electron chi connectivity index (χ0n) is 24.9. The largest absolute Gasteiger partial charge is 0.483 e. The van der Waals surface area contributed by atoms with Crippen LogP contribution in [-0.4, -0.2) is 96.8 Å². The van der Waals surface area contributed by atoms with Gasteiger partial charge in [0, 0.05) is 63.7 Å². The SMILES string of the molecule is CCn1cc(-c2cnc(C(=O)Nc3ccc(C(=O)N4CCN(C(=O)NC5CC(N)C5)CC4)c(Cl)c3)n2C)c(C(F)(F)F)n1.O=CO. The van der Waals surface area contributed by atoms with Crippen molar-refractivity contribution in [2.75, 3.05) is 31.5 Å². The number of alkyl halides is 3. The molecule has 0 atom stereocenters. The molecule has 0 unspecified atom stereocenters. The maximum Gasteiger partial charge on any atom is 0.435 e. The van der Waals surface area contributed by atoms with Gasteiger partial charge in [0.05, 0.1) is 28.0 Å². The second-order valence-electron chi connectivity index (χ2n) is 10.7. The highest BCUT2D eigenvalue weighted by molar-refractivity contribution is 6.34. The molecule has 3 aromatic rings. The Morgan fingerprint density at radius 3 is 2.35 bits per heavy atom. The number of piperazine rings is 1. The van der Waals surface area contributed by atoms with Crippen LogP contribution < -0.4 is 16.4 Å². The van der Waals surface area contributed by atoms with Gasteiger partial charge in [-0.3, -0.25) is 19.1 Å². The molecule has 2 aromatic heterocycles. The van der Waals surface area contributed by atoms with Crippen LogP contribution in [-0.2, 0) is 24.6 Å². The summed E-state index contributed by atoms with van der Waals surface area (Å²) in [5.74, 6) is -1.13. The Morgan fingerprint density at radius 2 is 1.78 bits per heavy atom. The van der Waals surface area contributed by atoms with Gasteiger partial charge in [0.15, 0.2) is 11.5 Å². The number of nitrogens with one attached hydrogen (secondary N) is 2. The van der Waals surface area contributed by atoms with Gasteiger partial charge >= 0.3 is 12.2 Å². The zero-order chi connectivity index (χ0) is 33.8. The topological polar surface area (TPSA) is 181 Å². The number of hydrogen-bond donors (Lipinski definition) is 4. The number of nitrogens with two attached hydrogens (primary N) is 1. The molecule has 0 radical (unpaired) electrons. The third-order valence-corrected chi connectivity index (χ3v) is 7.95. The fraction of sp³-hybridized carbons (Fsp3) is 0.429. The van der Waals surface area contributed by atoms with Crippen LogP contribution in [0.5, 0.6) is 0 Å². The number of hydrogen-bond acceptors (Lipinski definition) is 7. The first-order valence-electron chi connectivity index (χ1n) is 14.2. The van der Waals surface area contributed by atoms with E-state index in [0.717, 1.165) is 12.8 Å². The van der Waals surface area contributed by atoms with Crippen molar-refractivity contribution in [1.82, 2.24) is 34.4 Å². The van der Waals surface area contributed by atoms with Crippen LogP contribution in [0.15, 0.2) is 30.6 Å². The number of aromatic nitrogens is 4. The van der Waals surface area contributed by atoms with Crippen LogP contribution in [0.1, 0.15) is 46.4 Å². The fourth-order valence-electron chi connectivity index (χ4n) is 5.13. The molecule has 5 rings (SSSR count). The zero-order valence-corrected chi connectivity index (χ0v) is 25.7. The average molecular weight is 668 g/mol. The molecule has 1 aliphatic carbocycles. The molecule has 5 N–H and O–H groups in total. The Balaban J connectivity index is 0.00000154. The van der Waals surface area contributed by atoms with Crippen molar-refractivity contribution in [2.24, 2.45) is 12.8 Å². The van der Waals surface area contributed by atoms with E-state index in [1.165, 1.54) is 46.9 Å². The summed E-state index contributed by atoms with van der Waals surface area (Å²) in [6, 6.07) is 4.45. The van der Waals surface area contributed by atoms with Gasteiger partial charge in [0.2, 0.25) is 0 Å². The van der Waals surface area contributed by atoms with E-state index in [1.807, 2.05) is 0 Å². The molecular formula is C28H33ClF3N9O5. The minimum absolute atomic E-state index is 0.0703. The van der Waals surface area contributed by atoms with E-state index in [-0.39, 0.29) is 70.4 Å². The average Bonchev–Trinajstić information content (AvgIpc) is 3.60. The van der Waals surface area contributed by atoms with Gasteiger partial charge in [0.1, 0.15) is 0 Å². The van der Waals surface area contributed by atoms with Gasteiger partial charge in [0.25, 0.3) is 18.3 Å². The van der Waals surface area contributed by atoms with Crippen LogP contribution in [0.4, 0.5) is 23.7 Å². The van der Waals surface area contributed by atoms with Crippen molar-refractivity contribution in [3.63, 3.8) is 0 Å². The van der Waals surface area contributed by atoms with E-state index >= 15 is 0 Å². The summed E-state index contributed by atoms with van der Waals surface area (Å²) in [4.78, 5) is 54.3. The number of carboxylic acid groups (broad SMARTS) is 1. The number of benzene rings is 1.